The lowest BCUT2D eigenvalue weighted by Gasteiger charge is -2.37. The molecule has 1 saturated heterocycles. The summed E-state index contributed by atoms with van der Waals surface area (Å²) in [4.78, 5) is 26.7. The molecule has 1 aliphatic heterocycles. The Morgan fingerprint density at radius 1 is 1.14 bits per heavy atom. The molecular weight excluding hydrogens is 446 g/mol. The van der Waals surface area contributed by atoms with Gasteiger partial charge in [0.15, 0.2) is 0 Å². The Kier molecular flexibility index (Phi) is 9.93. The number of carboxylic acids is 1. The van der Waals surface area contributed by atoms with Crippen LogP contribution >= 0.6 is 0 Å². The lowest BCUT2D eigenvalue weighted by Crippen LogP contribution is -2.42. The number of carbonyl (C=O) groups is 2. The molecule has 0 radical (unpaired) electrons. The molecule has 190 valence electrons. The van der Waals surface area contributed by atoms with Gasteiger partial charge in [-0.25, -0.2) is 4.79 Å². The highest BCUT2D eigenvalue weighted by atomic mass is 16.5. The first-order chi connectivity index (χ1) is 16.9. The molecule has 1 aliphatic rings. The molecule has 35 heavy (non-hydrogen) atoms. The van der Waals surface area contributed by atoms with Crippen molar-refractivity contribution in [1.29, 1.82) is 0 Å². The summed E-state index contributed by atoms with van der Waals surface area (Å²) in [6.45, 7) is 6.57. The molecule has 2 amide bonds. The Bertz CT molecular complexity index is 973. The van der Waals surface area contributed by atoms with E-state index in [1.807, 2.05) is 56.3 Å². The number of rotatable bonds is 11. The lowest BCUT2D eigenvalue weighted by molar-refractivity contribution is -0.137. The van der Waals surface area contributed by atoms with Crippen molar-refractivity contribution in [2.45, 2.75) is 51.5 Å². The Labute approximate surface area is 207 Å². The Hall–Kier alpha value is -3.10. The van der Waals surface area contributed by atoms with Crippen LogP contribution in [0.15, 0.2) is 42.5 Å². The van der Waals surface area contributed by atoms with E-state index in [0.717, 1.165) is 29.7 Å². The summed E-state index contributed by atoms with van der Waals surface area (Å²) in [6.07, 6.45) is 2.50. The molecular formula is C27H37N3O5. The molecule has 2 aromatic rings. The molecule has 1 fully saturated rings. The molecule has 1 atom stereocenters. The summed E-state index contributed by atoms with van der Waals surface area (Å²) >= 11 is 0. The number of aryl methyl sites for hydroxylation is 1. The molecule has 8 heteroatoms. The molecule has 3 N–H and O–H groups in total. The predicted molar refractivity (Wildman–Crippen MR) is 139 cm³/mol. The average Bonchev–Trinajstić information content (AvgIpc) is 2.85. The molecule has 0 saturated carbocycles. The van der Waals surface area contributed by atoms with Gasteiger partial charge in [0.2, 0.25) is 0 Å². The van der Waals surface area contributed by atoms with Crippen molar-refractivity contribution in [3.8, 4) is 0 Å². The second-order valence-electron chi connectivity index (χ2n) is 8.95. The van der Waals surface area contributed by atoms with E-state index in [9.17, 15) is 14.7 Å². The third kappa shape index (κ3) is 7.70. The smallest absolute Gasteiger partial charge is 0.323 e. The zero-order valence-corrected chi connectivity index (χ0v) is 20.9. The van der Waals surface area contributed by atoms with E-state index < -0.39 is 5.97 Å². The number of hydrogen-bond acceptors (Lipinski definition) is 5. The molecule has 3 rings (SSSR count). The van der Waals surface area contributed by atoms with Crippen LogP contribution < -0.4 is 15.5 Å². The van der Waals surface area contributed by atoms with Crippen LogP contribution in [0, 0.1) is 6.92 Å². The van der Waals surface area contributed by atoms with Gasteiger partial charge in [-0.05, 0) is 61.9 Å². The monoisotopic (exact) mass is 483 g/mol. The molecule has 0 aromatic heterocycles. The van der Waals surface area contributed by atoms with Crippen LogP contribution in [0.5, 0.6) is 0 Å². The minimum absolute atomic E-state index is 0.0399. The maximum atomic E-state index is 13.0. The number of urea groups is 1. The Balaban J connectivity index is 1.94. The first-order valence-corrected chi connectivity index (χ1v) is 12.2. The number of nitrogens with one attached hydrogen (secondary N) is 2. The first kappa shape index (κ1) is 26.5. The average molecular weight is 484 g/mol. The number of carboxylic acid groups (broad SMARTS) is 1. The fourth-order valence-electron chi connectivity index (χ4n) is 4.47. The number of anilines is 3. The maximum Gasteiger partial charge on any atom is 0.323 e. The van der Waals surface area contributed by atoms with E-state index in [1.54, 1.807) is 7.11 Å². The SMILES string of the molecule is CCC(CC(=O)O)c1ccc(N(CCOC)C2CCOCC2)c(NC(=O)Nc2ccc(C)cc2)c1. The van der Waals surface area contributed by atoms with Gasteiger partial charge in [-0.1, -0.05) is 30.7 Å². The molecule has 0 bridgehead atoms. The van der Waals surface area contributed by atoms with E-state index in [2.05, 4.69) is 15.5 Å². The minimum atomic E-state index is -0.837. The number of methoxy groups -OCH3 is 1. The summed E-state index contributed by atoms with van der Waals surface area (Å²) in [7, 11) is 1.68. The van der Waals surface area contributed by atoms with E-state index in [0.29, 0.717) is 44.2 Å². The number of hydrogen-bond donors (Lipinski definition) is 3. The van der Waals surface area contributed by atoms with Gasteiger partial charge in [-0.15, -0.1) is 0 Å². The van der Waals surface area contributed by atoms with Crippen molar-refractivity contribution < 1.29 is 24.2 Å². The van der Waals surface area contributed by atoms with Gasteiger partial charge >= 0.3 is 12.0 Å². The second kappa shape index (κ2) is 13.1. The van der Waals surface area contributed by atoms with Crippen molar-refractivity contribution >= 4 is 29.1 Å². The zero-order valence-electron chi connectivity index (χ0n) is 20.9. The second-order valence-corrected chi connectivity index (χ2v) is 8.95. The van der Waals surface area contributed by atoms with E-state index in [-0.39, 0.29) is 24.4 Å². The van der Waals surface area contributed by atoms with Crippen LogP contribution in [0.25, 0.3) is 0 Å². The van der Waals surface area contributed by atoms with Crippen LogP contribution in [-0.2, 0) is 14.3 Å². The largest absolute Gasteiger partial charge is 0.481 e. The normalized spacial score (nSPS) is 14.8. The van der Waals surface area contributed by atoms with Gasteiger partial charge in [0, 0.05) is 38.6 Å². The summed E-state index contributed by atoms with van der Waals surface area (Å²) < 4.78 is 10.9. The quantitative estimate of drug-likeness (QED) is 0.404. The van der Waals surface area contributed by atoms with E-state index in [4.69, 9.17) is 9.47 Å². The van der Waals surface area contributed by atoms with Crippen molar-refractivity contribution in [3.63, 3.8) is 0 Å². The van der Waals surface area contributed by atoms with Crippen LogP contribution in [0.1, 0.15) is 49.7 Å². The highest BCUT2D eigenvalue weighted by Gasteiger charge is 2.25. The number of benzene rings is 2. The fourth-order valence-corrected chi connectivity index (χ4v) is 4.47. The van der Waals surface area contributed by atoms with Crippen molar-refractivity contribution in [2.75, 3.05) is 49.0 Å². The summed E-state index contributed by atoms with van der Waals surface area (Å²) in [6, 6.07) is 13.4. The minimum Gasteiger partial charge on any atom is -0.481 e. The van der Waals surface area contributed by atoms with Gasteiger partial charge in [0.25, 0.3) is 0 Å². The van der Waals surface area contributed by atoms with Crippen LogP contribution in [0.4, 0.5) is 21.9 Å². The van der Waals surface area contributed by atoms with Gasteiger partial charge in [-0.2, -0.15) is 0 Å². The van der Waals surface area contributed by atoms with Gasteiger partial charge in [-0.3, -0.25) is 4.79 Å². The first-order valence-electron chi connectivity index (χ1n) is 12.2. The number of amides is 2. The lowest BCUT2D eigenvalue weighted by atomic mass is 9.92. The van der Waals surface area contributed by atoms with E-state index >= 15 is 0 Å². The number of nitrogens with zero attached hydrogens (tertiary/aromatic N) is 1. The predicted octanol–water partition coefficient (Wildman–Crippen LogP) is 5.24. The highest BCUT2D eigenvalue weighted by Crippen LogP contribution is 2.35. The zero-order chi connectivity index (χ0) is 25.2. The molecule has 0 aliphatic carbocycles. The molecule has 1 unspecified atom stereocenters. The van der Waals surface area contributed by atoms with E-state index in [1.165, 1.54) is 0 Å². The summed E-state index contributed by atoms with van der Waals surface area (Å²) in [5.41, 5.74) is 4.24. The molecule has 1 heterocycles. The molecule has 2 aromatic carbocycles. The topological polar surface area (TPSA) is 100 Å². The van der Waals surface area contributed by atoms with Crippen molar-refractivity contribution in [2.24, 2.45) is 0 Å². The van der Waals surface area contributed by atoms with Crippen molar-refractivity contribution in [1.82, 2.24) is 0 Å². The number of ether oxygens (including phenoxy) is 2. The van der Waals surface area contributed by atoms with Gasteiger partial charge < -0.3 is 30.1 Å². The third-order valence-corrected chi connectivity index (χ3v) is 6.44. The van der Waals surface area contributed by atoms with Crippen LogP contribution in [0.3, 0.4) is 0 Å². The Morgan fingerprint density at radius 3 is 2.49 bits per heavy atom. The van der Waals surface area contributed by atoms with Gasteiger partial charge in [0.05, 0.1) is 24.4 Å². The standard InChI is InChI=1S/C27H37N3O5/c1-4-20(18-26(31)32)21-7-10-25(30(13-16-34-3)23-11-14-35-15-12-23)24(17-21)29-27(33)28-22-8-5-19(2)6-9-22/h5-10,17,20,23H,4,11-16,18H2,1-3H3,(H,31,32)(H2,28,29,33). The van der Waals surface area contributed by atoms with Crippen LogP contribution in [0.2, 0.25) is 0 Å². The van der Waals surface area contributed by atoms with Crippen molar-refractivity contribution in [3.05, 3.63) is 53.6 Å². The highest BCUT2D eigenvalue weighted by molar-refractivity contribution is 6.02. The van der Waals surface area contributed by atoms with Gasteiger partial charge in [0.1, 0.15) is 0 Å². The summed E-state index contributed by atoms with van der Waals surface area (Å²) in [5.74, 6) is -0.978. The van der Waals surface area contributed by atoms with Crippen LogP contribution in [-0.4, -0.2) is 56.6 Å². The molecule has 0 spiro atoms. The third-order valence-electron chi connectivity index (χ3n) is 6.44. The maximum absolute atomic E-state index is 13.0. The Morgan fingerprint density at radius 2 is 1.86 bits per heavy atom. The number of aliphatic carboxylic acids is 1. The fraction of sp³-hybridized carbons (Fsp3) is 0.481. The number of carbonyl (C=O) groups excluding carboxylic acids is 1. The summed E-state index contributed by atoms with van der Waals surface area (Å²) in [5, 5.41) is 15.3. The molecule has 8 nitrogen and oxygen atoms in total.